The number of carboxylic acid groups (broad SMARTS) is 1. The zero-order chi connectivity index (χ0) is 27.9. The number of fused-ring (bicyclic) bond motifs is 1. The van der Waals surface area contributed by atoms with E-state index >= 15 is 0 Å². The lowest BCUT2D eigenvalue weighted by atomic mass is 9.81. The van der Waals surface area contributed by atoms with E-state index in [-0.39, 0.29) is 24.9 Å². The summed E-state index contributed by atoms with van der Waals surface area (Å²) in [5.74, 6) is -0.634. The van der Waals surface area contributed by atoms with Crippen molar-refractivity contribution in [2.24, 2.45) is 10.8 Å². The Morgan fingerprint density at radius 3 is 2.54 bits per heavy atom. The highest BCUT2D eigenvalue weighted by atomic mass is 32.2. The Bertz CT molecular complexity index is 1200. The van der Waals surface area contributed by atoms with Crippen molar-refractivity contribution in [3.8, 4) is 5.75 Å². The van der Waals surface area contributed by atoms with Crippen molar-refractivity contribution in [2.45, 2.75) is 79.9 Å². The number of ether oxygens (including phenoxy) is 1. The van der Waals surface area contributed by atoms with Crippen LogP contribution in [0.4, 0.5) is 24.5 Å². The third kappa shape index (κ3) is 6.49. The Balaban J connectivity index is 1.52. The van der Waals surface area contributed by atoms with Crippen molar-refractivity contribution in [2.75, 3.05) is 25.1 Å². The monoisotopic (exact) mass is 580 g/mol. The molecule has 10 heteroatoms. The number of anilines is 2. The van der Waals surface area contributed by atoms with Crippen LogP contribution >= 0.6 is 23.7 Å². The Morgan fingerprint density at radius 1 is 1.23 bits per heavy atom. The highest BCUT2D eigenvalue weighted by Gasteiger charge is 2.53. The molecule has 0 bridgehead atoms. The number of hydrogen-bond acceptors (Lipinski definition) is 6. The number of carbonyl (C=O) groups is 1. The second kappa shape index (κ2) is 11.1. The van der Waals surface area contributed by atoms with Crippen LogP contribution in [0.2, 0.25) is 0 Å². The van der Waals surface area contributed by atoms with Crippen molar-refractivity contribution < 1.29 is 27.8 Å². The van der Waals surface area contributed by atoms with Gasteiger partial charge in [0.05, 0.1) is 20.9 Å². The summed E-state index contributed by atoms with van der Waals surface area (Å²) in [5, 5.41) is 10.1. The molecule has 2 saturated carbocycles. The summed E-state index contributed by atoms with van der Waals surface area (Å²) in [7, 11) is 1.90. The zero-order valence-corrected chi connectivity index (χ0v) is 24.1. The molecule has 1 spiro atoms. The topological polar surface area (TPSA) is 53.0 Å². The summed E-state index contributed by atoms with van der Waals surface area (Å²) < 4.78 is 48.4. The summed E-state index contributed by atoms with van der Waals surface area (Å²) in [6, 6.07) is 10.1. The number of hydrogen-bond donors (Lipinski definition) is 1. The van der Waals surface area contributed by atoms with E-state index in [0.29, 0.717) is 29.4 Å². The molecular weight excluding hydrogens is 545 g/mol. The molecular formula is C29H35F3N2O3S2. The molecule has 1 unspecified atom stereocenters. The van der Waals surface area contributed by atoms with E-state index in [1.165, 1.54) is 49.8 Å². The van der Waals surface area contributed by atoms with Gasteiger partial charge in [-0.25, -0.2) is 17.5 Å². The molecule has 5 nitrogen and oxygen atoms in total. The van der Waals surface area contributed by atoms with Gasteiger partial charge in [0.1, 0.15) is 18.2 Å². The number of rotatable bonds is 10. The molecule has 1 aliphatic heterocycles. The van der Waals surface area contributed by atoms with E-state index in [2.05, 4.69) is 11.0 Å². The quantitative estimate of drug-likeness (QED) is 0.287. The molecule has 2 fully saturated rings. The highest BCUT2D eigenvalue weighted by molar-refractivity contribution is 8.00. The van der Waals surface area contributed by atoms with Crippen molar-refractivity contribution in [1.82, 2.24) is 4.31 Å². The van der Waals surface area contributed by atoms with E-state index in [9.17, 15) is 23.1 Å². The molecule has 1 N–H and O–H groups in total. The maximum Gasteiger partial charge on any atom is 0.312 e. The molecule has 0 radical (unpaired) electrons. The Kier molecular flexibility index (Phi) is 8.10. The van der Waals surface area contributed by atoms with Crippen molar-refractivity contribution >= 4 is 41.1 Å². The fraction of sp³-hybridized carbons (Fsp3) is 0.552. The summed E-state index contributed by atoms with van der Waals surface area (Å²) in [4.78, 5) is 15.6. The van der Waals surface area contributed by atoms with E-state index < -0.39 is 17.8 Å². The van der Waals surface area contributed by atoms with Gasteiger partial charge in [-0.3, -0.25) is 4.79 Å². The van der Waals surface area contributed by atoms with Crippen LogP contribution in [0.5, 0.6) is 5.75 Å². The van der Waals surface area contributed by atoms with E-state index in [4.69, 9.17) is 4.74 Å². The molecule has 2 aliphatic carbocycles. The second-order valence-electron chi connectivity index (χ2n) is 11.7. The van der Waals surface area contributed by atoms with Crippen LogP contribution in [0.1, 0.15) is 52.4 Å². The molecule has 39 heavy (non-hydrogen) atoms. The smallest absolute Gasteiger partial charge is 0.312 e. The van der Waals surface area contributed by atoms with E-state index in [1.54, 1.807) is 37.7 Å². The number of benzene rings is 2. The number of thioether (sulfide) groups is 1. The van der Waals surface area contributed by atoms with Crippen LogP contribution in [-0.4, -0.2) is 53.3 Å². The number of halogens is 3. The van der Waals surface area contributed by atoms with E-state index in [0.717, 1.165) is 21.2 Å². The largest absolute Gasteiger partial charge is 0.491 e. The Labute approximate surface area is 236 Å². The lowest BCUT2D eigenvalue weighted by molar-refractivity contribution is -0.148. The maximum absolute atomic E-state index is 13.8. The van der Waals surface area contributed by atoms with Crippen LogP contribution in [0.3, 0.4) is 0 Å². The number of carboxylic acids is 1. The lowest BCUT2D eigenvalue weighted by Crippen LogP contribution is -2.35. The first kappa shape index (κ1) is 28.5. The van der Waals surface area contributed by atoms with Crippen molar-refractivity contribution in [3.63, 3.8) is 0 Å². The first-order valence-corrected chi connectivity index (χ1v) is 15.0. The lowest BCUT2D eigenvalue weighted by Gasteiger charge is -2.36. The number of aliphatic carboxylic acids is 1. The van der Waals surface area contributed by atoms with Gasteiger partial charge in [0, 0.05) is 29.9 Å². The number of alkyl halides is 2. The van der Waals surface area contributed by atoms with Gasteiger partial charge in [0.15, 0.2) is 0 Å². The van der Waals surface area contributed by atoms with E-state index in [1.807, 2.05) is 17.4 Å². The third-order valence-corrected chi connectivity index (χ3v) is 10.4. The van der Waals surface area contributed by atoms with Crippen LogP contribution in [0.25, 0.3) is 0 Å². The predicted octanol–water partition coefficient (Wildman–Crippen LogP) is 7.85. The molecule has 212 valence electrons. The van der Waals surface area contributed by atoms with Gasteiger partial charge in [0.2, 0.25) is 6.43 Å². The molecule has 1 heterocycles. The summed E-state index contributed by atoms with van der Waals surface area (Å²) in [6.07, 6.45) is 2.66. The minimum Gasteiger partial charge on any atom is -0.491 e. The summed E-state index contributed by atoms with van der Waals surface area (Å²) >= 11 is 3.24. The second-order valence-corrected chi connectivity index (χ2v) is 14.3. The fourth-order valence-electron chi connectivity index (χ4n) is 5.20. The van der Waals surface area contributed by atoms with Crippen LogP contribution < -0.4 is 9.64 Å². The maximum atomic E-state index is 13.8. The van der Waals surface area contributed by atoms with Crippen molar-refractivity contribution in [1.29, 1.82) is 0 Å². The average molecular weight is 581 g/mol. The molecule has 5 rings (SSSR count). The Hall–Kier alpha value is -2.04. The van der Waals surface area contributed by atoms with Gasteiger partial charge in [-0.1, -0.05) is 0 Å². The number of nitrogens with zero attached hydrogens (tertiary/aromatic N) is 2. The van der Waals surface area contributed by atoms with Crippen molar-refractivity contribution in [3.05, 3.63) is 42.2 Å². The average Bonchev–Trinajstić information content (AvgIpc) is 3.66. The van der Waals surface area contributed by atoms with Gasteiger partial charge in [0.25, 0.3) is 0 Å². The van der Waals surface area contributed by atoms with Gasteiger partial charge in [-0.2, -0.15) is 0 Å². The predicted molar refractivity (Wildman–Crippen MR) is 150 cm³/mol. The van der Waals surface area contributed by atoms with Gasteiger partial charge >= 0.3 is 5.97 Å². The number of likely N-dealkylation sites (N-methyl/N-ethyl adjacent to an activating group) is 1. The van der Waals surface area contributed by atoms with Crippen LogP contribution in [-0.2, 0) is 4.79 Å². The van der Waals surface area contributed by atoms with Crippen LogP contribution in [0.15, 0.2) is 46.2 Å². The first-order chi connectivity index (χ1) is 18.4. The SMILES string of the molecule is CN1Sc2cc(OCC(C)(C)C(=O)O)c(SC3CC4(CC4)C3)cc2N(c2ccc(F)cc2)CC1CCC(F)F. The zero-order valence-electron chi connectivity index (χ0n) is 22.5. The Morgan fingerprint density at radius 2 is 1.92 bits per heavy atom. The fourth-order valence-corrected chi connectivity index (χ4v) is 7.90. The van der Waals surface area contributed by atoms with Gasteiger partial charge in [-0.15, -0.1) is 11.8 Å². The normalized spacial score (nSPS) is 21.0. The minimum atomic E-state index is -2.38. The molecule has 0 amide bonds. The molecule has 3 aliphatic rings. The summed E-state index contributed by atoms with van der Waals surface area (Å²) in [6.45, 7) is 3.77. The third-order valence-electron chi connectivity index (χ3n) is 8.06. The summed E-state index contributed by atoms with van der Waals surface area (Å²) in [5.41, 5.74) is 1.17. The van der Waals surface area contributed by atoms with Gasteiger partial charge in [-0.05, 0) is 107 Å². The molecule has 1 atom stereocenters. The molecule has 0 saturated heterocycles. The minimum absolute atomic E-state index is 0.0163. The van der Waals surface area contributed by atoms with Gasteiger partial charge < -0.3 is 14.7 Å². The molecule has 2 aromatic rings. The molecule has 0 aromatic heterocycles. The standard InChI is InChI=1S/C29H35F3N2O3S2/c1-28(2,27(35)36)17-37-23-13-24-22(12-25(23)38-21-14-29(15-21)10-11-29)34(19-6-4-18(30)5-7-19)16-20(33(3)39-24)8-9-26(31)32/h4-7,12-13,20-21,26H,8-11,14-17H2,1-3H3,(H,35,36). The highest BCUT2D eigenvalue weighted by Crippen LogP contribution is 2.65. The van der Waals surface area contributed by atoms with Crippen LogP contribution in [0, 0.1) is 16.6 Å². The first-order valence-electron chi connectivity index (χ1n) is 13.4. The molecule has 2 aromatic carbocycles.